The number of nitrogens with zero attached hydrogens (tertiary/aromatic N) is 1. The summed E-state index contributed by atoms with van der Waals surface area (Å²) >= 11 is 0. The van der Waals surface area contributed by atoms with Crippen LogP contribution in [0.1, 0.15) is 12.5 Å². The van der Waals surface area contributed by atoms with E-state index < -0.39 is 10.9 Å². The Labute approximate surface area is 151 Å². The molecular formula is C19H20N2O5. The van der Waals surface area contributed by atoms with Crippen LogP contribution in [0.3, 0.4) is 0 Å². The molecule has 7 heteroatoms. The van der Waals surface area contributed by atoms with E-state index in [1.165, 1.54) is 12.1 Å². The van der Waals surface area contributed by atoms with E-state index in [1.54, 1.807) is 44.4 Å². The van der Waals surface area contributed by atoms with E-state index in [9.17, 15) is 14.9 Å². The van der Waals surface area contributed by atoms with Gasteiger partial charge in [0.2, 0.25) is 0 Å². The van der Waals surface area contributed by atoms with Gasteiger partial charge < -0.3 is 14.8 Å². The van der Waals surface area contributed by atoms with Crippen molar-refractivity contribution < 1.29 is 19.2 Å². The van der Waals surface area contributed by atoms with Crippen LogP contribution in [0.15, 0.2) is 54.1 Å². The van der Waals surface area contributed by atoms with Gasteiger partial charge in [0.05, 0.1) is 24.2 Å². The van der Waals surface area contributed by atoms with Crippen molar-refractivity contribution in [3.63, 3.8) is 0 Å². The van der Waals surface area contributed by atoms with Gasteiger partial charge in [0.15, 0.2) is 0 Å². The number of anilines is 1. The second-order valence-electron chi connectivity index (χ2n) is 5.32. The molecule has 0 aromatic heterocycles. The normalized spacial score (nSPS) is 10.9. The van der Waals surface area contributed by atoms with Crippen LogP contribution >= 0.6 is 0 Å². The van der Waals surface area contributed by atoms with Gasteiger partial charge in [0.1, 0.15) is 5.75 Å². The third-order valence-electron chi connectivity index (χ3n) is 3.53. The highest BCUT2D eigenvalue weighted by atomic mass is 16.6. The number of non-ortho nitro benzene ring substituents is 1. The number of nitrogens with one attached hydrogen (secondary N) is 1. The minimum Gasteiger partial charge on any atom is -0.497 e. The van der Waals surface area contributed by atoms with Gasteiger partial charge in [-0.15, -0.1) is 0 Å². The summed E-state index contributed by atoms with van der Waals surface area (Å²) in [6.07, 6.45) is 1.58. The molecule has 0 atom stereocenters. The van der Waals surface area contributed by atoms with Crippen LogP contribution in [0.4, 0.5) is 11.4 Å². The summed E-state index contributed by atoms with van der Waals surface area (Å²) in [4.78, 5) is 22.6. The molecule has 2 aromatic carbocycles. The van der Waals surface area contributed by atoms with Crippen molar-refractivity contribution in [1.82, 2.24) is 0 Å². The van der Waals surface area contributed by atoms with Crippen LogP contribution in [0, 0.1) is 10.1 Å². The lowest BCUT2D eigenvalue weighted by Gasteiger charge is -2.10. The fourth-order valence-electron chi connectivity index (χ4n) is 2.24. The fraction of sp³-hybridized carbons (Fsp3) is 0.211. The minimum absolute atomic E-state index is 0.0370. The van der Waals surface area contributed by atoms with Crippen molar-refractivity contribution >= 4 is 23.4 Å². The van der Waals surface area contributed by atoms with Crippen LogP contribution in [0.5, 0.6) is 5.75 Å². The Hall–Kier alpha value is -3.35. The third-order valence-corrected chi connectivity index (χ3v) is 3.53. The molecule has 0 spiro atoms. The highest BCUT2D eigenvalue weighted by Gasteiger charge is 2.12. The first-order valence-corrected chi connectivity index (χ1v) is 8.03. The Kier molecular flexibility index (Phi) is 6.73. The van der Waals surface area contributed by atoms with Gasteiger partial charge in [-0.05, 0) is 42.8 Å². The second kappa shape index (κ2) is 9.22. The summed E-state index contributed by atoms with van der Waals surface area (Å²) in [5.74, 6) is 0.258. The molecule has 0 amide bonds. The monoisotopic (exact) mass is 356 g/mol. The molecule has 0 radical (unpaired) electrons. The van der Waals surface area contributed by atoms with Crippen LogP contribution in [0.2, 0.25) is 0 Å². The summed E-state index contributed by atoms with van der Waals surface area (Å²) in [7, 11) is 1.59. The highest BCUT2D eigenvalue weighted by molar-refractivity contribution is 5.94. The number of hydrogen-bond donors (Lipinski definition) is 1. The smallest absolute Gasteiger partial charge is 0.335 e. The molecule has 0 unspecified atom stereocenters. The highest BCUT2D eigenvalue weighted by Crippen LogP contribution is 2.18. The zero-order chi connectivity index (χ0) is 18.9. The van der Waals surface area contributed by atoms with Gasteiger partial charge in [-0.2, -0.15) is 0 Å². The van der Waals surface area contributed by atoms with Crippen LogP contribution in [0.25, 0.3) is 6.08 Å². The maximum absolute atomic E-state index is 12.2. The van der Waals surface area contributed by atoms with E-state index in [0.717, 1.165) is 11.4 Å². The predicted molar refractivity (Wildman–Crippen MR) is 99.2 cm³/mol. The van der Waals surface area contributed by atoms with Crippen molar-refractivity contribution in [2.75, 3.05) is 25.6 Å². The number of carbonyl (C=O) groups is 1. The average molecular weight is 356 g/mol. The third kappa shape index (κ3) is 5.34. The molecule has 0 aliphatic rings. The number of hydrogen-bond acceptors (Lipinski definition) is 6. The molecule has 0 heterocycles. The van der Waals surface area contributed by atoms with Gasteiger partial charge in [0.25, 0.3) is 5.69 Å². The van der Waals surface area contributed by atoms with Gasteiger partial charge in [-0.25, -0.2) is 4.79 Å². The number of rotatable bonds is 8. The first-order valence-electron chi connectivity index (χ1n) is 8.03. The topological polar surface area (TPSA) is 90.7 Å². The Balaban J connectivity index is 2.20. The number of ether oxygens (including phenoxy) is 2. The average Bonchev–Trinajstić information content (AvgIpc) is 2.66. The van der Waals surface area contributed by atoms with Crippen LogP contribution in [-0.4, -0.2) is 31.2 Å². The second-order valence-corrected chi connectivity index (χ2v) is 5.32. The van der Waals surface area contributed by atoms with Gasteiger partial charge in [0, 0.05) is 24.4 Å². The fourth-order valence-corrected chi connectivity index (χ4v) is 2.24. The van der Waals surface area contributed by atoms with E-state index in [4.69, 9.17) is 9.47 Å². The molecule has 0 bridgehead atoms. The summed E-state index contributed by atoms with van der Waals surface area (Å²) < 4.78 is 10.2. The maximum atomic E-state index is 12.2. The van der Waals surface area contributed by atoms with Gasteiger partial charge >= 0.3 is 5.97 Å². The van der Waals surface area contributed by atoms with Crippen molar-refractivity contribution in [3.8, 4) is 5.75 Å². The summed E-state index contributed by atoms with van der Waals surface area (Å²) in [6, 6.07) is 13.3. The predicted octanol–water partition coefficient (Wildman–Crippen LogP) is 3.66. The summed E-state index contributed by atoms with van der Waals surface area (Å²) in [6.45, 7) is 2.18. The zero-order valence-electron chi connectivity index (χ0n) is 14.6. The van der Waals surface area contributed by atoms with Gasteiger partial charge in [-0.1, -0.05) is 12.1 Å². The van der Waals surface area contributed by atoms with E-state index in [2.05, 4.69) is 5.32 Å². The molecular weight excluding hydrogens is 336 g/mol. The Morgan fingerprint density at radius 1 is 1.23 bits per heavy atom. The quantitative estimate of drug-likeness (QED) is 0.336. The molecule has 2 rings (SSSR count). The van der Waals surface area contributed by atoms with Crippen LogP contribution < -0.4 is 10.1 Å². The first kappa shape index (κ1) is 19.0. The molecule has 0 saturated heterocycles. The number of benzene rings is 2. The molecule has 0 saturated carbocycles. The maximum Gasteiger partial charge on any atom is 0.335 e. The number of nitro groups is 1. The Morgan fingerprint density at radius 2 is 1.96 bits per heavy atom. The minimum atomic E-state index is -0.475. The zero-order valence-corrected chi connectivity index (χ0v) is 14.6. The van der Waals surface area contributed by atoms with Gasteiger partial charge in [-0.3, -0.25) is 10.1 Å². The number of methoxy groups -OCH3 is 1. The lowest BCUT2D eigenvalue weighted by Crippen LogP contribution is -2.15. The summed E-state index contributed by atoms with van der Waals surface area (Å²) in [5, 5.41) is 14.0. The molecule has 0 aliphatic heterocycles. The molecule has 0 fully saturated rings. The number of nitro benzene ring substituents is 1. The van der Waals surface area contributed by atoms with E-state index in [0.29, 0.717) is 11.1 Å². The standard InChI is InChI=1S/C19H20N2O5/c1-3-26-19(22)15(11-14-5-4-6-17(12-14)21(23)24)13-20-16-7-9-18(25-2)10-8-16/h4-12,20H,3,13H2,1-2H3/b15-11+. The van der Waals surface area contributed by atoms with Crippen molar-refractivity contribution in [3.05, 3.63) is 69.8 Å². The molecule has 26 heavy (non-hydrogen) atoms. The molecule has 136 valence electrons. The molecule has 0 aliphatic carbocycles. The summed E-state index contributed by atoms with van der Waals surface area (Å²) in [5.41, 5.74) is 1.69. The molecule has 1 N–H and O–H groups in total. The van der Waals surface area contributed by atoms with Crippen molar-refractivity contribution in [2.24, 2.45) is 0 Å². The van der Waals surface area contributed by atoms with Crippen LogP contribution in [-0.2, 0) is 9.53 Å². The lowest BCUT2D eigenvalue weighted by molar-refractivity contribution is -0.384. The molecule has 7 nitrogen and oxygen atoms in total. The first-order chi connectivity index (χ1) is 12.5. The van der Waals surface area contributed by atoms with Crippen molar-refractivity contribution in [1.29, 1.82) is 0 Å². The lowest BCUT2D eigenvalue weighted by atomic mass is 10.1. The van der Waals surface area contributed by atoms with E-state index >= 15 is 0 Å². The SMILES string of the molecule is CCOC(=O)/C(=C/c1cccc([N+](=O)[O-])c1)CNc1ccc(OC)cc1. The number of esters is 1. The van der Waals surface area contributed by atoms with Crippen molar-refractivity contribution in [2.45, 2.75) is 6.92 Å². The van der Waals surface area contributed by atoms with E-state index in [1.807, 2.05) is 12.1 Å². The number of carbonyl (C=O) groups excluding carboxylic acids is 1. The van der Waals surface area contributed by atoms with E-state index in [-0.39, 0.29) is 18.8 Å². The largest absolute Gasteiger partial charge is 0.497 e. The Bertz CT molecular complexity index is 800. The molecule has 2 aromatic rings. The Morgan fingerprint density at radius 3 is 2.58 bits per heavy atom.